The number of carbonyl (C=O) groups excluding carboxylic acids is 1. The fourth-order valence-corrected chi connectivity index (χ4v) is 3.38. The average molecular weight is 325 g/mol. The number of nitrogens with one attached hydrogen (secondary N) is 1. The van der Waals surface area contributed by atoms with Crippen molar-refractivity contribution >= 4 is 26.7 Å². The van der Waals surface area contributed by atoms with Crippen LogP contribution in [0.25, 0.3) is 10.8 Å². The zero-order valence-corrected chi connectivity index (χ0v) is 13.1. The summed E-state index contributed by atoms with van der Waals surface area (Å²) in [4.78, 5) is 12.1. The van der Waals surface area contributed by atoms with Crippen LogP contribution in [0.5, 0.6) is 0 Å². The molecule has 4 nitrogen and oxygen atoms in total. The second-order valence-electron chi connectivity index (χ2n) is 5.20. The third-order valence-corrected chi connectivity index (χ3v) is 4.86. The Balaban J connectivity index is 1.81. The fourth-order valence-electron chi connectivity index (χ4n) is 2.36. The van der Waals surface area contributed by atoms with Crippen molar-refractivity contribution in [3.05, 3.63) is 78.4 Å². The third kappa shape index (κ3) is 3.57. The second kappa shape index (κ2) is 6.22. The number of amides is 1. The first kappa shape index (κ1) is 15.2. The van der Waals surface area contributed by atoms with Crippen LogP contribution in [0.3, 0.4) is 0 Å². The molecule has 1 N–H and O–H groups in total. The van der Waals surface area contributed by atoms with E-state index in [1.54, 1.807) is 36.4 Å². The van der Waals surface area contributed by atoms with E-state index in [0.29, 0.717) is 0 Å². The lowest BCUT2D eigenvalue weighted by molar-refractivity contribution is -0.118. The Labute approximate surface area is 134 Å². The molecular formula is C18H15NO3S. The number of rotatable bonds is 4. The van der Waals surface area contributed by atoms with Gasteiger partial charge in [-0.25, -0.2) is 13.1 Å². The molecule has 0 heterocycles. The second-order valence-corrected chi connectivity index (χ2v) is 6.88. The van der Waals surface area contributed by atoms with Crippen LogP contribution < -0.4 is 4.72 Å². The minimum Gasteiger partial charge on any atom is -0.274 e. The minimum atomic E-state index is -3.87. The van der Waals surface area contributed by atoms with Gasteiger partial charge < -0.3 is 0 Å². The molecule has 0 radical (unpaired) electrons. The van der Waals surface area contributed by atoms with Crippen LogP contribution in [0.2, 0.25) is 0 Å². The summed E-state index contributed by atoms with van der Waals surface area (Å²) in [6, 6.07) is 21.3. The average Bonchev–Trinajstić information content (AvgIpc) is 2.54. The normalized spacial score (nSPS) is 11.3. The maximum absolute atomic E-state index is 12.3. The predicted molar refractivity (Wildman–Crippen MR) is 89.4 cm³/mol. The monoisotopic (exact) mass is 325 g/mol. The quantitative estimate of drug-likeness (QED) is 0.802. The number of carbonyl (C=O) groups is 1. The molecule has 0 aliphatic heterocycles. The Morgan fingerprint density at radius 1 is 0.826 bits per heavy atom. The lowest BCUT2D eigenvalue weighted by atomic mass is 10.1. The van der Waals surface area contributed by atoms with Gasteiger partial charge in [-0.3, -0.25) is 4.79 Å². The van der Waals surface area contributed by atoms with E-state index in [0.717, 1.165) is 16.3 Å². The van der Waals surface area contributed by atoms with Crippen molar-refractivity contribution in [1.29, 1.82) is 0 Å². The van der Waals surface area contributed by atoms with Crippen molar-refractivity contribution in [3.63, 3.8) is 0 Å². The van der Waals surface area contributed by atoms with Crippen LogP contribution in [0.1, 0.15) is 5.56 Å². The number of benzene rings is 3. The first-order chi connectivity index (χ1) is 11.0. The van der Waals surface area contributed by atoms with Crippen molar-refractivity contribution in [1.82, 2.24) is 4.72 Å². The van der Waals surface area contributed by atoms with E-state index >= 15 is 0 Å². The molecule has 23 heavy (non-hydrogen) atoms. The van der Waals surface area contributed by atoms with Crippen molar-refractivity contribution < 1.29 is 13.2 Å². The van der Waals surface area contributed by atoms with Crippen LogP contribution in [0.15, 0.2) is 77.7 Å². The first-order valence-electron chi connectivity index (χ1n) is 7.13. The van der Waals surface area contributed by atoms with E-state index in [-0.39, 0.29) is 11.3 Å². The first-order valence-corrected chi connectivity index (χ1v) is 8.61. The van der Waals surface area contributed by atoms with E-state index < -0.39 is 15.9 Å². The Morgan fingerprint density at radius 3 is 2.22 bits per heavy atom. The van der Waals surface area contributed by atoms with Gasteiger partial charge in [-0.15, -0.1) is 0 Å². The van der Waals surface area contributed by atoms with E-state index in [9.17, 15) is 13.2 Å². The molecule has 0 saturated carbocycles. The van der Waals surface area contributed by atoms with Gasteiger partial charge in [0.2, 0.25) is 5.91 Å². The standard InChI is InChI=1S/C18H15NO3S/c20-18(12-14-6-2-1-3-7-14)19-23(21,22)17-11-10-15-8-4-5-9-16(15)13-17/h1-11,13H,12H2,(H,19,20). The van der Waals surface area contributed by atoms with Crippen molar-refractivity contribution in [2.75, 3.05) is 0 Å². The lowest BCUT2D eigenvalue weighted by Crippen LogP contribution is -2.31. The highest BCUT2D eigenvalue weighted by Crippen LogP contribution is 2.18. The molecule has 0 aliphatic carbocycles. The number of hydrogen-bond donors (Lipinski definition) is 1. The summed E-state index contributed by atoms with van der Waals surface area (Å²) in [5.41, 5.74) is 0.763. The molecule has 0 aromatic heterocycles. The highest BCUT2D eigenvalue weighted by molar-refractivity contribution is 7.90. The molecular weight excluding hydrogens is 310 g/mol. The Morgan fingerprint density at radius 2 is 1.48 bits per heavy atom. The maximum atomic E-state index is 12.3. The van der Waals surface area contributed by atoms with Crippen molar-refractivity contribution in [3.8, 4) is 0 Å². The number of sulfonamides is 1. The molecule has 0 atom stereocenters. The maximum Gasteiger partial charge on any atom is 0.264 e. The summed E-state index contributed by atoms with van der Waals surface area (Å²) in [7, 11) is -3.87. The lowest BCUT2D eigenvalue weighted by Gasteiger charge is -2.08. The van der Waals surface area contributed by atoms with Crippen LogP contribution in [0, 0.1) is 0 Å². The van der Waals surface area contributed by atoms with Crippen LogP contribution in [-0.2, 0) is 21.2 Å². The predicted octanol–water partition coefficient (Wildman–Crippen LogP) is 2.89. The molecule has 0 aliphatic rings. The summed E-state index contributed by atoms with van der Waals surface area (Å²) in [5, 5.41) is 1.76. The van der Waals surface area contributed by atoms with Crippen LogP contribution in [0.4, 0.5) is 0 Å². The van der Waals surface area contributed by atoms with E-state index in [1.165, 1.54) is 6.07 Å². The molecule has 0 bridgehead atoms. The molecule has 116 valence electrons. The largest absolute Gasteiger partial charge is 0.274 e. The van der Waals surface area contributed by atoms with Gasteiger partial charge in [-0.05, 0) is 28.5 Å². The highest BCUT2D eigenvalue weighted by atomic mass is 32.2. The van der Waals surface area contributed by atoms with Gasteiger partial charge in [0.25, 0.3) is 10.0 Å². The third-order valence-electron chi connectivity index (χ3n) is 3.49. The molecule has 5 heteroatoms. The number of hydrogen-bond acceptors (Lipinski definition) is 3. The molecule has 0 unspecified atom stereocenters. The van der Waals surface area contributed by atoms with Gasteiger partial charge in [0, 0.05) is 0 Å². The van der Waals surface area contributed by atoms with Crippen LogP contribution in [-0.4, -0.2) is 14.3 Å². The summed E-state index contributed by atoms with van der Waals surface area (Å²) in [6.45, 7) is 0. The zero-order valence-electron chi connectivity index (χ0n) is 12.3. The summed E-state index contributed by atoms with van der Waals surface area (Å²) < 4.78 is 26.8. The van der Waals surface area contributed by atoms with Crippen molar-refractivity contribution in [2.24, 2.45) is 0 Å². The molecule has 0 fully saturated rings. The van der Waals surface area contributed by atoms with Gasteiger partial charge in [-0.1, -0.05) is 60.7 Å². The number of fused-ring (bicyclic) bond motifs is 1. The highest BCUT2D eigenvalue weighted by Gasteiger charge is 2.18. The Hall–Kier alpha value is -2.66. The molecule has 3 aromatic carbocycles. The molecule has 1 amide bonds. The Bertz CT molecular complexity index is 950. The van der Waals surface area contributed by atoms with Gasteiger partial charge in [-0.2, -0.15) is 0 Å². The van der Waals surface area contributed by atoms with Crippen molar-refractivity contribution in [2.45, 2.75) is 11.3 Å². The zero-order chi connectivity index (χ0) is 16.3. The van der Waals surface area contributed by atoms with Gasteiger partial charge in [0.05, 0.1) is 11.3 Å². The van der Waals surface area contributed by atoms with E-state index in [2.05, 4.69) is 4.72 Å². The Kier molecular flexibility index (Phi) is 4.12. The molecule has 3 aromatic rings. The van der Waals surface area contributed by atoms with E-state index in [1.807, 2.05) is 30.3 Å². The van der Waals surface area contributed by atoms with E-state index in [4.69, 9.17) is 0 Å². The summed E-state index contributed by atoms with van der Waals surface area (Å²) >= 11 is 0. The fraction of sp³-hybridized carbons (Fsp3) is 0.0556. The molecule has 0 saturated heterocycles. The van der Waals surface area contributed by atoms with Gasteiger partial charge in [0.15, 0.2) is 0 Å². The molecule has 0 spiro atoms. The topological polar surface area (TPSA) is 63.2 Å². The smallest absolute Gasteiger partial charge is 0.264 e. The van der Waals surface area contributed by atoms with Gasteiger partial charge >= 0.3 is 0 Å². The summed E-state index contributed by atoms with van der Waals surface area (Å²) in [6.07, 6.45) is 0.0215. The summed E-state index contributed by atoms with van der Waals surface area (Å²) in [5.74, 6) is -0.552. The minimum absolute atomic E-state index is 0.0215. The van der Waals surface area contributed by atoms with Gasteiger partial charge in [0.1, 0.15) is 0 Å². The molecule has 3 rings (SSSR count). The van der Waals surface area contributed by atoms with Crippen LogP contribution >= 0.6 is 0 Å². The SMILES string of the molecule is O=C(Cc1ccccc1)NS(=O)(=O)c1ccc2ccccc2c1.